The molecule has 0 aliphatic rings. The monoisotopic (exact) mass is 192 g/mol. The van der Waals surface area contributed by atoms with Crippen LogP contribution in [-0.2, 0) is 20.1 Å². The van der Waals surface area contributed by atoms with E-state index in [2.05, 4.69) is 15.4 Å². The second-order valence-electron chi connectivity index (χ2n) is 3.09. The van der Waals surface area contributed by atoms with Crippen LogP contribution >= 0.6 is 0 Å². The molecule has 0 aliphatic carbocycles. The fourth-order valence-electron chi connectivity index (χ4n) is 1.22. The van der Waals surface area contributed by atoms with Gasteiger partial charge in [-0.15, -0.1) is 0 Å². The van der Waals surface area contributed by atoms with Gasteiger partial charge in [-0.3, -0.25) is 4.68 Å². The number of aromatic nitrogens is 3. The van der Waals surface area contributed by atoms with E-state index in [1.165, 1.54) is 6.39 Å². The van der Waals surface area contributed by atoms with Crippen molar-refractivity contribution in [2.75, 3.05) is 0 Å². The number of aryl methyl sites for hydroxylation is 1. The van der Waals surface area contributed by atoms with Gasteiger partial charge in [0.15, 0.2) is 6.39 Å². The Balaban J connectivity index is 1.78. The van der Waals surface area contributed by atoms with Gasteiger partial charge in [0, 0.05) is 25.4 Å². The van der Waals surface area contributed by atoms with Gasteiger partial charge in [0.25, 0.3) is 0 Å². The summed E-state index contributed by atoms with van der Waals surface area (Å²) < 4.78 is 6.87. The molecule has 0 saturated carbocycles. The molecule has 0 amide bonds. The number of nitrogens with one attached hydrogen (secondary N) is 1. The van der Waals surface area contributed by atoms with Crippen molar-refractivity contribution in [2.45, 2.75) is 13.1 Å². The molecule has 0 bridgehead atoms. The van der Waals surface area contributed by atoms with Gasteiger partial charge < -0.3 is 9.73 Å². The quantitative estimate of drug-likeness (QED) is 0.774. The smallest absolute Gasteiger partial charge is 0.180 e. The van der Waals surface area contributed by atoms with Crippen molar-refractivity contribution in [3.8, 4) is 0 Å². The van der Waals surface area contributed by atoms with Gasteiger partial charge in [-0.1, -0.05) is 0 Å². The minimum atomic E-state index is 0.689. The number of nitrogens with zero attached hydrogens (tertiary/aromatic N) is 3. The lowest BCUT2D eigenvalue weighted by molar-refractivity contribution is 0.479. The van der Waals surface area contributed by atoms with Crippen molar-refractivity contribution in [3.05, 3.63) is 36.3 Å². The first-order valence-electron chi connectivity index (χ1n) is 4.40. The SMILES string of the molecule is Cn1cc(CNCc2cnco2)cn1. The molecule has 0 aromatic carbocycles. The third-order valence-electron chi connectivity index (χ3n) is 1.87. The van der Waals surface area contributed by atoms with E-state index >= 15 is 0 Å². The van der Waals surface area contributed by atoms with E-state index in [1.54, 1.807) is 10.9 Å². The maximum Gasteiger partial charge on any atom is 0.180 e. The summed E-state index contributed by atoms with van der Waals surface area (Å²) in [4.78, 5) is 3.83. The van der Waals surface area contributed by atoms with E-state index in [1.807, 2.05) is 19.4 Å². The predicted molar refractivity (Wildman–Crippen MR) is 50.3 cm³/mol. The van der Waals surface area contributed by atoms with Crippen molar-refractivity contribution < 1.29 is 4.42 Å². The Morgan fingerprint density at radius 3 is 3.00 bits per heavy atom. The van der Waals surface area contributed by atoms with Gasteiger partial charge in [-0.05, 0) is 0 Å². The van der Waals surface area contributed by atoms with Crippen LogP contribution in [0.1, 0.15) is 11.3 Å². The molecule has 0 aliphatic heterocycles. The van der Waals surface area contributed by atoms with Gasteiger partial charge >= 0.3 is 0 Å². The highest BCUT2D eigenvalue weighted by atomic mass is 16.3. The zero-order valence-electron chi connectivity index (χ0n) is 7.97. The van der Waals surface area contributed by atoms with Crippen molar-refractivity contribution in [2.24, 2.45) is 7.05 Å². The fourth-order valence-corrected chi connectivity index (χ4v) is 1.22. The van der Waals surface area contributed by atoms with Crippen molar-refractivity contribution in [1.82, 2.24) is 20.1 Å². The molecule has 74 valence electrons. The number of hydrogen-bond acceptors (Lipinski definition) is 4. The molecule has 2 heterocycles. The molecule has 14 heavy (non-hydrogen) atoms. The first-order chi connectivity index (χ1) is 6.84. The van der Waals surface area contributed by atoms with E-state index < -0.39 is 0 Å². The Morgan fingerprint density at radius 2 is 2.36 bits per heavy atom. The molecule has 5 nitrogen and oxygen atoms in total. The molecule has 0 fully saturated rings. The third kappa shape index (κ3) is 2.20. The largest absolute Gasteiger partial charge is 0.447 e. The highest BCUT2D eigenvalue weighted by Crippen LogP contribution is 1.98. The summed E-state index contributed by atoms with van der Waals surface area (Å²) in [5.74, 6) is 0.842. The van der Waals surface area contributed by atoms with Crippen molar-refractivity contribution in [1.29, 1.82) is 0 Å². The summed E-state index contributed by atoms with van der Waals surface area (Å²) in [6.07, 6.45) is 6.96. The minimum Gasteiger partial charge on any atom is -0.447 e. The van der Waals surface area contributed by atoms with E-state index in [4.69, 9.17) is 4.42 Å². The molecule has 0 spiro atoms. The minimum absolute atomic E-state index is 0.689. The van der Waals surface area contributed by atoms with E-state index in [0.717, 1.165) is 17.9 Å². The van der Waals surface area contributed by atoms with Gasteiger partial charge in [-0.25, -0.2) is 4.98 Å². The Hall–Kier alpha value is -1.62. The van der Waals surface area contributed by atoms with Crippen LogP contribution in [0.5, 0.6) is 0 Å². The molecule has 0 atom stereocenters. The van der Waals surface area contributed by atoms with Crippen LogP contribution in [0.15, 0.2) is 29.4 Å². The van der Waals surface area contributed by atoms with Crippen molar-refractivity contribution in [3.63, 3.8) is 0 Å². The van der Waals surface area contributed by atoms with Crippen LogP contribution in [0.3, 0.4) is 0 Å². The highest BCUT2D eigenvalue weighted by Gasteiger charge is 1.97. The average Bonchev–Trinajstić information content (AvgIpc) is 2.77. The average molecular weight is 192 g/mol. The van der Waals surface area contributed by atoms with Crippen molar-refractivity contribution >= 4 is 0 Å². The summed E-state index contributed by atoms with van der Waals surface area (Å²) >= 11 is 0. The third-order valence-corrected chi connectivity index (χ3v) is 1.87. The Bertz CT molecular complexity index is 379. The Labute approximate surface area is 81.8 Å². The first kappa shape index (κ1) is 8.96. The van der Waals surface area contributed by atoms with Gasteiger partial charge in [-0.2, -0.15) is 5.10 Å². The molecule has 5 heteroatoms. The van der Waals surface area contributed by atoms with Crippen LogP contribution in [0.25, 0.3) is 0 Å². The fraction of sp³-hybridized carbons (Fsp3) is 0.333. The van der Waals surface area contributed by atoms with Crippen LogP contribution in [0.4, 0.5) is 0 Å². The molecule has 0 radical (unpaired) electrons. The summed E-state index contributed by atoms with van der Waals surface area (Å²) in [5.41, 5.74) is 1.16. The molecule has 1 N–H and O–H groups in total. The van der Waals surface area contributed by atoms with Gasteiger partial charge in [0.2, 0.25) is 0 Å². The standard InChI is InChI=1S/C9H12N4O/c1-13-6-8(3-12-13)2-10-4-9-5-11-7-14-9/h3,5-7,10H,2,4H2,1H3. The predicted octanol–water partition coefficient (Wildman–Crippen LogP) is 0.698. The lowest BCUT2D eigenvalue weighted by atomic mass is 10.3. The Kier molecular flexibility index (Phi) is 2.60. The second-order valence-corrected chi connectivity index (χ2v) is 3.09. The van der Waals surface area contributed by atoms with E-state index in [0.29, 0.717) is 6.54 Å². The van der Waals surface area contributed by atoms with E-state index in [-0.39, 0.29) is 0 Å². The summed E-state index contributed by atoms with van der Waals surface area (Å²) in [7, 11) is 1.90. The van der Waals surface area contributed by atoms with Crippen LogP contribution in [0.2, 0.25) is 0 Å². The first-order valence-corrected chi connectivity index (χ1v) is 4.40. The lowest BCUT2D eigenvalue weighted by Gasteiger charge is -1.98. The number of hydrogen-bond donors (Lipinski definition) is 1. The van der Waals surface area contributed by atoms with Crippen LogP contribution in [-0.4, -0.2) is 14.8 Å². The maximum absolute atomic E-state index is 5.08. The molecular weight excluding hydrogens is 180 g/mol. The number of rotatable bonds is 4. The molecule has 2 aromatic rings. The highest BCUT2D eigenvalue weighted by molar-refractivity contribution is 5.03. The second kappa shape index (κ2) is 4.06. The molecule has 0 unspecified atom stereocenters. The van der Waals surface area contributed by atoms with Gasteiger partial charge in [0.1, 0.15) is 5.76 Å². The van der Waals surface area contributed by atoms with Crippen LogP contribution < -0.4 is 5.32 Å². The molecular formula is C9H12N4O. The normalized spacial score (nSPS) is 10.6. The summed E-state index contributed by atoms with van der Waals surface area (Å²) in [6.45, 7) is 1.48. The van der Waals surface area contributed by atoms with Gasteiger partial charge in [0.05, 0.1) is 18.9 Å². The lowest BCUT2D eigenvalue weighted by Crippen LogP contribution is -2.11. The molecule has 2 rings (SSSR count). The zero-order valence-corrected chi connectivity index (χ0v) is 7.97. The molecule has 2 aromatic heterocycles. The summed E-state index contributed by atoms with van der Waals surface area (Å²) in [5, 5.41) is 7.30. The zero-order chi connectivity index (χ0) is 9.80. The summed E-state index contributed by atoms with van der Waals surface area (Å²) in [6, 6.07) is 0. The maximum atomic E-state index is 5.08. The van der Waals surface area contributed by atoms with Crippen LogP contribution in [0, 0.1) is 0 Å². The topological polar surface area (TPSA) is 55.9 Å². The Morgan fingerprint density at radius 1 is 1.43 bits per heavy atom. The van der Waals surface area contributed by atoms with E-state index in [9.17, 15) is 0 Å². The number of oxazole rings is 1. The molecule has 0 saturated heterocycles.